The second kappa shape index (κ2) is 9.57. The molecule has 200 valence electrons. The summed E-state index contributed by atoms with van der Waals surface area (Å²) in [5, 5.41) is 0.864. The average molecular weight is 547 g/mol. The molecule has 2 aromatic carbocycles. The Morgan fingerprint density at radius 1 is 0.974 bits per heavy atom. The number of carbonyl (C=O) groups is 2. The van der Waals surface area contributed by atoms with Gasteiger partial charge < -0.3 is 9.80 Å². The molecule has 0 N–H and O–H groups in total. The Bertz CT molecular complexity index is 1500. The molecule has 5 rings (SSSR count). The number of alkyl halides is 3. The summed E-state index contributed by atoms with van der Waals surface area (Å²) in [6.45, 7) is 3.42. The summed E-state index contributed by atoms with van der Waals surface area (Å²) in [6.07, 6.45) is 5.02. The monoisotopic (exact) mass is 546 g/mol. The summed E-state index contributed by atoms with van der Waals surface area (Å²) >= 11 is 0. The van der Waals surface area contributed by atoms with E-state index in [4.69, 9.17) is 0 Å². The number of pyridine rings is 1. The van der Waals surface area contributed by atoms with E-state index in [1.807, 2.05) is 24.3 Å². The summed E-state index contributed by atoms with van der Waals surface area (Å²) in [6, 6.07) is 9.64. The van der Waals surface area contributed by atoms with Gasteiger partial charge in [0.2, 0.25) is 0 Å². The van der Waals surface area contributed by atoms with Crippen molar-refractivity contribution < 1.29 is 31.2 Å². The Labute approximate surface area is 217 Å². The molecule has 3 heterocycles. The first-order chi connectivity index (χ1) is 18.0. The Balaban J connectivity index is 1.48. The number of piperidine rings is 1. The largest absolute Gasteiger partial charge is 0.501 e. The Morgan fingerprint density at radius 3 is 2.29 bits per heavy atom. The smallest absolute Gasteiger partial charge is 0.370 e. The molecule has 0 bridgehead atoms. The number of anilines is 2. The lowest BCUT2D eigenvalue weighted by Gasteiger charge is -2.32. The van der Waals surface area contributed by atoms with E-state index in [9.17, 15) is 31.2 Å². The molecular formula is C26H25F3N4O4S. The van der Waals surface area contributed by atoms with Gasteiger partial charge in [0.05, 0.1) is 34.5 Å². The van der Waals surface area contributed by atoms with Crippen molar-refractivity contribution in [1.29, 1.82) is 0 Å². The standard InChI is InChI=1S/C26H25F3N4O4S/c1-17-24(34)33(18-9-11-19(12-10-18)38(36,37)26(27,28)29)25(35)32(17)16-21-20-7-3-4-8-22(20)30-15-23(21)31-13-5-2-6-14-31/h3-4,7-12,15,17H,2,5-6,13-14,16H2,1H3. The van der Waals surface area contributed by atoms with Crippen molar-refractivity contribution in [1.82, 2.24) is 9.88 Å². The summed E-state index contributed by atoms with van der Waals surface area (Å²) < 4.78 is 62.1. The number of sulfone groups is 1. The van der Waals surface area contributed by atoms with Gasteiger partial charge in [-0.15, -0.1) is 0 Å². The van der Waals surface area contributed by atoms with Gasteiger partial charge in [0.15, 0.2) is 0 Å². The maximum Gasteiger partial charge on any atom is 0.501 e. The molecule has 12 heteroatoms. The molecule has 0 saturated carbocycles. The van der Waals surface area contributed by atoms with E-state index in [1.165, 1.54) is 4.90 Å². The van der Waals surface area contributed by atoms with Crippen molar-refractivity contribution in [2.24, 2.45) is 0 Å². The average Bonchev–Trinajstić information content (AvgIpc) is 3.11. The highest BCUT2D eigenvalue weighted by atomic mass is 32.2. The molecule has 3 amide bonds. The fourth-order valence-electron chi connectivity index (χ4n) is 4.99. The number of hydrogen-bond donors (Lipinski definition) is 0. The highest BCUT2D eigenvalue weighted by Gasteiger charge is 2.47. The SMILES string of the molecule is CC1C(=O)N(c2ccc(S(=O)(=O)C(F)(F)F)cc2)C(=O)N1Cc1c(N2CCCCC2)cnc2ccccc12. The van der Waals surface area contributed by atoms with Gasteiger partial charge in [-0.3, -0.25) is 9.78 Å². The zero-order valence-corrected chi connectivity index (χ0v) is 21.3. The third kappa shape index (κ3) is 4.36. The molecule has 1 atom stereocenters. The van der Waals surface area contributed by atoms with Crippen molar-refractivity contribution in [2.45, 2.75) is 49.2 Å². The van der Waals surface area contributed by atoms with Gasteiger partial charge in [0, 0.05) is 24.0 Å². The molecule has 0 radical (unpaired) electrons. The first-order valence-corrected chi connectivity index (χ1v) is 13.7. The number of rotatable bonds is 5. The van der Waals surface area contributed by atoms with Crippen LogP contribution in [0.3, 0.4) is 0 Å². The number of imide groups is 1. The maximum absolute atomic E-state index is 13.5. The lowest BCUT2D eigenvalue weighted by atomic mass is 10.0. The molecule has 2 fully saturated rings. The molecule has 2 saturated heterocycles. The number of amides is 3. The van der Waals surface area contributed by atoms with Crippen LogP contribution in [0.5, 0.6) is 0 Å². The number of para-hydroxylation sites is 1. The number of hydrogen-bond acceptors (Lipinski definition) is 6. The van der Waals surface area contributed by atoms with E-state index >= 15 is 0 Å². The van der Waals surface area contributed by atoms with Crippen molar-refractivity contribution in [3.8, 4) is 0 Å². The minimum absolute atomic E-state index is 0.00804. The molecule has 1 aromatic heterocycles. The van der Waals surface area contributed by atoms with Crippen LogP contribution in [-0.2, 0) is 21.2 Å². The highest BCUT2D eigenvalue weighted by Crippen LogP contribution is 2.35. The van der Waals surface area contributed by atoms with Crippen LogP contribution in [0.2, 0.25) is 0 Å². The lowest BCUT2D eigenvalue weighted by Crippen LogP contribution is -2.35. The normalized spacial score (nSPS) is 19.1. The van der Waals surface area contributed by atoms with Gasteiger partial charge >= 0.3 is 11.5 Å². The van der Waals surface area contributed by atoms with E-state index in [0.29, 0.717) is 0 Å². The van der Waals surface area contributed by atoms with Crippen LogP contribution in [0.4, 0.5) is 29.3 Å². The van der Waals surface area contributed by atoms with Crippen LogP contribution in [0.1, 0.15) is 31.7 Å². The van der Waals surface area contributed by atoms with Crippen LogP contribution in [0.15, 0.2) is 59.6 Å². The van der Waals surface area contributed by atoms with Gasteiger partial charge in [-0.1, -0.05) is 18.2 Å². The van der Waals surface area contributed by atoms with E-state index in [0.717, 1.165) is 83.7 Å². The molecular weight excluding hydrogens is 521 g/mol. The number of aromatic nitrogens is 1. The number of nitrogens with zero attached hydrogens (tertiary/aromatic N) is 4. The first-order valence-electron chi connectivity index (χ1n) is 12.2. The molecule has 2 aliphatic heterocycles. The Morgan fingerprint density at radius 2 is 1.63 bits per heavy atom. The molecule has 0 aliphatic carbocycles. The second-order valence-electron chi connectivity index (χ2n) is 9.39. The topological polar surface area (TPSA) is 90.9 Å². The number of fused-ring (bicyclic) bond motifs is 1. The Kier molecular flexibility index (Phi) is 6.54. The predicted octanol–water partition coefficient (Wildman–Crippen LogP) is 4.88. The quantitative estimate of drug-likeness (QED) is 0.424. The minimum atomic E-state index is -5.55. The van der Waals surface area contributed by atoms with Crippen LogP contribution in [0, 0.1) is 0 Å². The number of carbonyl (C=O) groups excluding carboxylic acids is 2. The number of halogens is 3. The second-order valence-corrected chi connectivity index (χ2v) is 11.3. The van der Waals surface area contributed by atoms with Crippen LogP contribution in [0.25, 0.3) is 10.9 Å². The lowest BCUT2D eigenvalue weighted by molar-refractivity contribution is -0.119. The van der Waals surface area contributed by atoms with E-state index in [-0.39, 0.29) is 12.2 Å². The molecule has 38 heavy (non-hydrogen) atoms. The van der Waals surface area contributed by atoms with Gasteiger partial charge in [-0.05, 0) is 56.5 Å². The van der Waals surface area contributed by atoms with E-state index in [1.54, 1.807) is 13.1 Å². The third-order valence-electron chi connectivity index (χ3n) is 7.08. The maximum atomic E-state index is 13.5. The zero-order valence-electron chi connectivity index (χ0n) is 20.5. The fourth-order valence-corrected chi connectivity index (χ4v) is 5.75. The van der Waals surface area contributed by atoms with Gasteiger partial charge in [0.1, 0.15) is 6.04 Å². The van der Waals surface area contributed by atoms with Crippen molar-refractivity contribution in [3.05, 3.63) is 60.3 Å². The first kappa shape index (κ1) is 26.0. The summed E-state index contributed by atoms with van der Waals surface area (Å²) in [4.78, 5) is 34.8. The van der Waals surface area contributed by atoms with Crippen LogP contribution in [-0.4, -0.2) is 54.9 Å². The molecule has 2 aliphatic rings. The summed E-state index contributed by atoms with van der Waals surface area (Å²) in [5.74, 6) is -0.556. The predicted molar refractivity (Wildman–Crippen MR) is 135 cm³/mol. The number of benzene rings is 2. The molecule has 3 aromatic rings. The van der Waals surface area contributed by atoms with Gasteiger partial charge in [-0.2, -0.15) is 13.2 Å². The number of urea groups is 1. The molecule has 0 spiro atoms. The summed E-state index contributed by atoms with van der Waals surface area (Å²) in [7, 11) is -5.55. The fraction of sp³-hybridized carbons (Fsp3) is 0.346. The van der Waals surface area contributed by atoms with E-state index in [2.05, 4.69) is 9.88 Å². The Hall–Kier alpha value is -3.67. The molecule has 8 nitrogen and oxygen atoms in total. The van der Waals surface area contributed by atoms with Gasteiger partial charge in [0.25, 0.3) is 15.7 Å². The molecule has 1 unspecified atom stereocenters. The van der Waals surface area contributed by atoms with Crippen molar-refractivity contribution in [3.63, 3.8) is 0 Å². The van der Waals surface area contributed by atoms with Crippen LogP contribution < -0.4 is 9.80 Å². The third-order valence-corrected chi connectivity index (χ3v) is 8.58. The van der Waals surface area contributed by atoms with E-state index < -0.39 is 38.2 Å². The van der Waals surface area contributed by atoms with Gasteiger partial charge in [-0.25, -0.2) is 18.1 Å². The van der Waals surface area contributed by atoms with Crippen LogP contribution >= 0.6 is 0 Å². The van der Waals surface area contributed by atoms with Crippen molar-refractivity contribution in [2.75, 3.05) is 22.9 Å². The highest BCUT2D eigenvalue weighted by molar-refractivity contribution is 7.92. The summed E-state index contributed by atoms with van der Waals surface area (Å²) in [5.41, 5.74) is -2.95. The minimum Gasteiger partial charge on any atom is -0.370 e. The zero-order chi connectivity index (χ0) is 27.2. The van der Waals surface area contributed by atoms with Crippen molar-refractivity contribution >= 4 is 44.1 Å².